The highest BCUT2D eigenvalue weighted by molar-refractivity contribution is 7.80. The third-order valence-corrected chi connectivity index (χ3v) is 1.01. The molecule has 1 atom stereocenters. The van der Waals surface area contributed by atoms with Gasteiger partial charge in [0.25, 0.3) is 0 Å². The fourth-order valence-electron chi connectivity index (χ4n) is 0.173. The van der Waals surface area contributed by atoms with Crippen molar-refractivity contribution in [2.24, 2.45) is 0 Å². The van der Waals surface area contributed by atoms with E-state index in [1.54, 1.807) is 0 Å². The lowest BCUT2D eigenvalue weighted by Gasteiger charge is -1.69. The number of ether oxygens (including phenoxy) is 1. The molecule has 1 saturated heterocycles. The van der Waals surface area contributed by atoms with Crippen LogP contribution in [0.1, 0.15) is 0 Å². The zero-order valence-electron chi connectivity index (χ0n) is 2.85. The van der Waals surface area contributed by atoms with Crippen molar-refractivity contribution in [3.05, 3.63) is 0 Å². The van der Waals surface area contributed by atoms with Gasteiger partial charge in [-0.15, -0.1) is 0 Å². The van der Waals surface area contributed by atoms with E-state index in [1.807, 2.05) is 0 Å². The molecule has 2 heteroatoms. The van der Waals surface area contributed by atoms with Crippen LogP contribution in [0.4, 0.5) is 0 Å². The number of thiol groups is 1. The lowest BCUT2D eigenvalue weighted by molar-refractivity contribution is 0.426. The van der Waals surface area contributed by atoms with E-state index in [0.717, 1.165) is 12.4 Å². The molecule has 5 heavy (non-hydrogen) atoms. The van der Waals surface area contributed by atoms with Crippen LogP contribution in [-0.2, 0) is 4.74 Å². The molecule has 0 aromatic heterocycles. The Balaban J connectivity index is 2.00. The van der Waals surface area contributed by atoms with Gasteiger partial charge < -0.3 is 4.74 Å². The van der Waals surface area contributed by atoms with Gasteiger partial charge in [-0.25, -0.2) is 0 Å². The molecular weight excluding hydrogens is 84.1 g/mol. The quantitative estimate of drug-likeness (QED) is 0.361. The highest BCUT2D eigenvalue weighted by Gasteiger charge is 2.18. The fourth-order valence-corrected chi connectivity index (χ4v) is 0.384. The van der Waals surface area contributed by atoms with Gasteiger partial charge >= 0.3 is 0 Å². The summed E-state index contributed by atoms with van der Waals surface area (Å²) in [4.78, 5) is 0. The van der Waals surface area contributed by atoms with E-state index >= 15 is 0 Å². The molecule has 1 fully saturated rings. The van der Waals surface area contributed by atoms with Gasteiger partial charge in [-0.05, 0) is 0 Å². The second-order valence-corrected chi connectivity index (χ2v) is 1.50. The van der Waals surface area contributed by atoms with Gasteiger partial charge in [0.15, 0.2) is 0 Å². The molecule has 1 rings (SSSR count). The standard InChI is InChI=1S/C3H6OS/c5-2-3-1-4-3/h3,5H,1-2H2/t3-/m0/s1. The first-order chi connectivity index (χ1) is 2.43. The van der Waals surface area contributed by atoms with Crippen LogP contribution in [0.5, 0.6) is 0 Å². The Morgan fingerprint density at radius 3 is 2.60 bits per heavy atom. The van der Waals surface area contributed by atoms with Gasteiger partial charge in [-0.1, -0.05) is 0 Å². The van der Waals surface area contributed by atoms with Crippen LogP contribution in [0, 0.1) is 0 Å². The van der Waals surface area contributed by atoms with Crippen molar-refractivity contribution in [1.82, 2.24) is 0 Å². The van der Waals surface area contributed by atoms with Crippen LogP contribution >= 0.6 is 12.6 Å². The molecule has 0 amide bonds. The van der Waals surface area contributed by atoms with E-state index in [0.29, 0.717) is 6.10 Å². The van der Waals surface area contributed by atoms with Gasteiger partial charge in [-0.3, -0.25) is 0 Å². The Morgan fingerprint density at radius 1 is 2.00 bits per heavy atom. The first-order valence-corrected chi connectivity index (χ1v) is 2.29. The van der Waals surface area contributed by atoms with Crippen molar-refractivity contribution in [3.8, 4) is 0 Å². The molecule has 0 saturated carbocycles. The summed E-state index contributed by atoms with van der Waals surface area (Å²) < 4.78 is 4.78. The van der Waals surface area contributed by atoms with Crippen molar-refractivity contribution in [3.63, 3.8) is 0 Å². The van der Waals surface area contributed by atoms with Crippen molar-refractivity contribution in [2.75, 3.05) is 12.4 Å². The Kier molecular flexibility index (Phi) is 0.830. The molecule has 1 aliphatic heterocycles. The zero-order valence-corrected chi connectivity index (χ0v) is 3.74. The molecule has 0 radical (unpaired) electrons. The van der Waals surface area contributed by atoms with Crippen molar-refractivity contribution >= 4 is 12.6 Å². The van der Waals surface area contributed by atoms with Crippen molar-refractivity contribution < 1.29 is 4.74 Å². The highest BCUT2D eigenvalue weighted by Crippen LogP contribution is 2.08. The summed E-state index contributed by atoms with van der Waals surface area (Å²) >= 11 is 3.95. The Bertz CT molecular complexity index is 33.9. The summed E-state index contributed by atoms with van der Waals surface area (Å²) in [6.07, 6.45) is 0.498. The van der Waals surface area contributed by atoms with Crippen LogP contribution < -0.4 is 0 Å². The first kappa shape index (κ1) is 3.50. The summed E-state index contributed by atoms with van der Waals surface area (Å²) in [5.41, 5.74) is 0. The lowest BCUT2D eigenvalue weighted by Crippen LogP contribution is -1.80. The maximum Gasteiger partial charge on any atom is 0.0897 e. The Labute approximate surface area is 36.7 Å². The van der Waals surface area contributed by atoms with E-state index in [9.17, 15) is 0 Å². The average molecular weight is 90.1 g/mol. The van der Waals surface area contributed by atoms with Crippen molar-refractivity contribution in [2.45, 2.75) is 6.10 Å². The monoisotopic (exact) mass is 90.0 g/mol. The predicted molar refractivity (Wildman–Crippen MR) is 23.6 cm³/mol. The molecule has 1 aliphatic rings. The van der Waals surface area contributed by atoms with Crippen LogP contribution in [0.15, 0.2) is 0 Å². The molecule has 0 spiro atoms. The minimum absolute atomic E-state index is 0.498. The smallest absolute Gasteiger partial charge is 0.0897 e. The summed E-state index contributed by atoms with van der Waals surface area (Å²) in [5.74, 6) is 0.889. The lowest BCUT2D eigenvalue weighted by atomic mass is 10.6. The molecule has 0 aliphatic carbocycles. The van der Waals surface area contributed by atoms with Crippen molar-refractivity contribution in [1.29, 1.82) is 0 Å². The van der Waals surface area contributed by atoms with E-state index in [2.05, 4.69) is 12.6 Å². The summed E-state index contributed by atoms with van der Waals surface area (Å²) in [7, 11) is 0. The van der Waals surface area contributed by atoms with E-state index < -0.39 is 0 Å². The van der Waals surface area contributed by atoms with Crippen LogP contribution in [-0.4, -0.2) is 18.5 Å². The SMILES string of the molecule is SC[C@@H]1CO1. The van der Waals surface area contributed by atoms with Gasteiger partial charge in [0.1, 0.15) is 0 Å². The van der Waals surface area contributed by atoms with Gasteiger partial charge in [0.2, 0.25) is 0 Å². The Hall–Kier alpha value is 0.310. The highest BCUT2D eigenvalue weighted by atomic mass is 32.1. The maximum absolute atomic E-state index is 4.78. The largest absolute Gasteiger partial charge is 0.372 e. The summed E-state index contributed by atoms with van der Waals surface area (Å²) in [6.45, 7) is 0.934. The number of hydrogen-bond donors (Lipinski definition) is 1. The van der Waals surface area contributed by atoms with Crippen LogP contribution in [0.3, 0.4) is 0 Å². The molecule has 1 heterocycles. The summed E-state index contributed by atoms with van der Waals surface area (Å²) in [5, 5.41) is 0. The van der Waals surface area contributed by atoms with Crippen LogP contribution in [0.2, 0.25) is 0 Å². The maximum atomic E-state index is 4.78. The molecule has 0 unspecified atom stereocenters. The normalized spacial score (nSPS) is 34.2. The minimum Gasteiger partial charge on any atom is -0.372 e. The third-order valence-electron chi connectivity index (χ3n) is 0.606. The van der Waals surface area contributed by atoms with Crippen LogP contribution in [0.25, 0.3) is 0 Å². The molecular formula is C3H6OS. The third kappa shape index (κ3) is 0.816. The van der Waals surface area contributed by atoms with E-state index in [1.165, 1.54) is 0 Å². The number of epoxide rings is 1. The second-order valence-electron chi connectivity index (χ2n) is 1.14. The fraction of sp³-hybridized carbons (Fsp3) is 1.00. The first-order valence-electron chi connectivity index (χ1n) is 1.66. The Morgan fingerprint density at radius 2 is 2.60 bits per heavy atom. The number of hydrogen-bond acceptors (Lipinski definition) is 2. The van der Waals surface area contributed by atoms with Gasteiger partial charge in [-0.2, -0.15) is 12.6 Å². The predicted octanol–water partition coefficient (Wildman–Crippen LogP) is 0.315. The molecule has 30 valence electrons. The van der Waals surface area contributed by atoms with E-state index in [-0.39, 0.29) is 0 Å². The average Bonchev–Trinajstić information content (AvgIpc) is 2.12. The zero-order chi connectivity index (χ0) is 3.70. The number of rotatable bonds is 1. The topological polar surface area (TPSA) is 12.5 Å². The molecule has 0 aromatic carbocycles. The van der Waals surface area contributed by atoms with Gasteiger partial charge in [0.05, 0.1) is 12.7 Å². The van der Waals surface area contributed by atoms with Gasteiger partial charge in [0, 0.05) is 5.75 Å². The molecule has 0 bridgehead atoms. The molecule has 1 nitrogen and oxygen atoms in total. The molecule has 0 aromatic rings. The summed E-state index contributed by atoms with van der Waals surface area (Å²) in [6, 6.07) is 0. The van der Waals surface area contributed by atoms with E-state index in [4.69, 9.17) is 4.74 Å². The second kappa shape index (κ2) is 1.19. The molecule has 0 N–H and O–H groups in total. The minimum atomic E-state index is 0.498.